The van der Waals surface area contributed by atoms with Gasteiger partial charge in [-0.1, -0.05) is 11.3 Å². The van der Waals surface area contributed by atoms with E-state index in [1.54, 1.807) is 19.4 Å². The highest BCUT2D eigenvalue weighted by molar-refractivity contribution is 9.10. The van der Waals surface area contributed by atoms with Gasteiger partial charge < -0.3 is 4.74 Å². The number of amides is 1. The quantitative estimate of drug-likeness (QED) is 0.757. The maximum atomic E-state index is 12.2. The van der Waals surface area contributed by atoms with Crippen molar-refractivity contribution in [1.82, 2.24) is 9.97 Å². The first kappa shape index (κ1) is 16.9. The predicted molar refractivity (Wildman–Crippen MR) is 92.4 cm³/mol. The SMILES string of the molecule is Cc1nc(-c2cncc(Br)c2)sc1N(C)C(=O)OC(C)(C)C. The van der Waals surface area contributed by atoms with E-state index < -0.39 is 11.7 Å². The number of halogens is 1. The molecule has 0 unspecified atom stereocenters. The van der Waals surface area contributed by atoms with Crippen molar-refractivity contribution < 1.29 is 9.53 Å². The van der Waals surface area contributed by atoms with Gasteiger partial charge in [0, 0.05) is 29.5 Å². The molecule has 0 bridgehead atoms. The number of carbonyl (C=O) groups is 1. The molecule has 2 rings (SSSR count). The number of aromatic nitrogens is 2. The van der Waals surface area contributed by atoms with E-state index in [0.717, 1.165) is 25.7 Å². The lowest BCUT2D eigenvalue weighted by molar-refractivity contribution is 0.0590. The number of thiazole rings is 1. The van der Waals surface area contributed by atoms with Gasteiger partial charge in [0.2, 0.25) is 0 Å². The predicted octanol–water partition coefficient (Wildman–Crippen LogP) is 4.65. The van der Waals surface area contributed by atoms with Crippen molar-refractivity contribution in [3.05, 3.63) is 28.6 Å². The van der Waals surface area contributed by atoms with E-state index >= 15 is 0 Å². The first-order chi connectivity index (χ1) is 10.2. The third kappa shape index (κ3) is 4.04. The molecule has 0 fully saturated rings. The smallest absolute Gasteiger partial charge is 0.415 e. The van der Waals surface area contributed by atoms with Crippen molar-refractivity contribution in [3.8, 4) is 10.6 Å². The number of nitrogens with zero attached hydrogens (tertiary/aromatic N) is 3. The second-order valence-electron chi connectivity index (χ2n) is 5.84. The van der Waals surface area contributed by atoms with Crippen LogP contribution in [-0.2, 0) is 4.74 Å². The fourth-order valence-electron chi connectivity index (χ4n) is 1.77. The monoisotopic (exact) mass is 383 g/mol. The molecule has 0 aliphatic rings. The summed E-state index contributed by atoms with van der Waals surface area (Å²) in [5.41, 5.74) is 1.17. The van der Waals surface area contributed by atoms with Gasteiger partial charge in [-0.05, 0) is 49.7 Å². The lowest BCUT2D eigenvalue weighted by Crippen LogP contribution is -2.34. The zero-order chi connectivity index (χ0) is 16.5. The summed E-state index contributed by atoms with van der Waals surface area (Å²) in [6.45, 7) is 7.41. The van der Waals surface area contributed by atoms with Gasteiger partial charge in [0.05, 0.1) is 5.69 Å². The van der Waals surface area contributed by atoms with Crippen molar-refractivity contribution in [3.63, 3.8) is 0 Å². The molecule has 5 nitrogen and oxygen atoms in total. The van der Waals surface area contributed by atoms with Crippen LogP contribution in [0.4, 0.5) is 9.80 Å². The molecule has 0 spiro atoms. The second kappa shape index (κ2) is 6.34. The molecule has 0 N–H and O–H groups in total. The van der Waals surface area contributed by atoms with Gasteiger partial charge in [0.1, 0.15) is 15.6 Å². The van der Waals surface area contributed by atoms with Gasteiger partial charge in [0.25, 0.3) is 0 Å². The van der Waals surface area contributed by atoms with Crippen LogP contribution >= 0.6 is 27.3 Å². The van der Waals surface area contributed by atoms with E-state index in [0.29, 0.717) is 0 Å². The Hall–Kier alpha value is -1.47. The van der Waals surface area contributed by atoms with Gasteiger partial charge in [0.15, 0.2) is 0 Å². The van der Waals surface area contributed by atoms with Crippen LogP contribution in [0.3, 0.4) is 0 Å². The minimum absolute atomic E-state index is 0.391. The number of ether oxygens (including phenoxy) is 1. The average Bonchev–Trinajstić information content (AvgIpc) is 2.78. The summed E-state index contributed by atoms with van der Waals surface area (Å²) < 4.78 is 6.28. The van der Waals surface area contributed by atoms with E-state index in [-0.39, 0.29) is 0 Å². The molecule has 2 aromatic rings. The van der Waals surface area contributed by atoms with Crippen molar-refractivity contribution in [2.75, 3.05) is 11.9 Å². The minimum atomic E-state index is -0.527. The molecule has 22 heavy (non-hydrogen) atoms. The number of hydrogen-bond donors (Lipinski definition) is 0. The Morgan fingerprint density at radius 1 is 1.36 bits per heavy atom. The molecule has 0 aliphatic carbocycles. The number of rotatable bonds is 2. The van der Waals surface area contributed by atoms with Crippen LogP contribution < -0.4 is 4.90 Å². The molecule has 1 amide bonds. The van der Waals surface area contributed by atoms with Crippen LogP contribution in [0.1, 0.15) is 26.5 Å². The van der Waals surface area contributed by atoms with Crippen molar-refractivity contribution in [2.24, 2.45) is 0 Å². The molecule has 0 saturated heterocycles. The first-order valence-electron chi connectivity index (χ1n) is 6.72. The number of carbonyl (C=O) groups excluding carboxylic acids is 1. The summed E-state index contributed by atoms with van der Waals surface area (Å²) in [5, 5.41) is 1.58. The Morgan fingerprint density at radius 3 is 2.64 bits per heavy atom. The Balaban J connectivity index is 2.28. The Kier molecular flexibility index (Phi) is 4.87. The lowest BCUT2D eigenvalue weighted by atomic mass is 10.2. The molecule has 2 heterocycles. The molecular weight excluding hydrogens is 366 g/mol. The third-order valence-corrected chi connectivity index (χ3v) is 4.41. The lowest BCUT2D eigenvalue weighted by Gasteiger charge is -2.23. The summed E-state index contributed by atoms with van der Waals surface area (Å²) in [7, 11) is 1.69. The molecule has 0 radical (unpaired) electrons. The highest BCUT2D eigenvalue weighted by atomic mass is 79.9. The number of hydrogen-bond acceptors (Lipinski definition) is 5. The highest BCUT2D eigenvalue weighted by Gasteiger charge is 2.24. The first-order valence-corrected chi connectivity index (χ1v) is 8.33. The van der Waals surface area contributed by atoms with E-state index in [1.165, 1.54) is 16.2 Å². The summed E-state index contributed by atoms with van der Waals surface area (Å²) in [4.78, 5) is 22.3. The molecule has 0 saturated carbocycles. The van der Waals surface area contributed by atoms with Crippen LogP contribution in [0.15, 0.2) is 22.9 Å². The van der Waals surface area contributed by atoms with E-state index in [9.17, 15) is 4.79 Å². The second-order valence-corrected chi connectivity index (χ2v) is 7.73. The number of pyridine rings is 1. The van der Waals surface area contributed by atoms with Crippen LogP contribution in [0.5, 0.6) is 0 Å². The topological polar surface area (TPSA) is 55.3 Å². The maximum absolute atomic E-state index is 12.2. The fraction of sp³-hybridized carbons (Fsp3) is 0.400. The van der Waals surface area contributed by atoms with Crippen LogP contribution in [0.25, 0.3) is 10.6 Å². The number of anilines is 1. The summed E-state index contributed by atoms with van der Waals surface area (Å²) in [6.07, 6.45) is 3.08. The molecule has 7 heteroatoms. The van der Waals surface area contributed by atoms with Gasteiger partial charge in [-0.25, -0.2) is 9.78 Å². The maximum Gasteiger partial charge on any atom is 0.415 e. The minimum Gasteiger partial charge on any atom is -0.443 e. The van der Waals surface area contributed by atoms with Gasteiger partial charge >= 0.3 is 6.09 Å². The Bertz CT molecular complexity index is 694. The average molecular weight is 384 g/mol. The van der Waals surface area contributed by atoms with Gasteiger partial charge in [-0.2, -0.15) is 0 Å². The van der Waals surface area contributed by atoms with Gasteiger partial charge in [-0.15, -0.1) is 0 Å². The Labute approximate surface area is 142 Å². The van der Waals surface area contributed by atoms with Crippen LogP contribution in [0, 0.1) is 6.92 Å². The molecule has 0 atom stereocenters. The normalized spacial score (nSPS) is 11.4. The molecule has 0 aromatic carbocycles. The standard InChI is InChI=1S/C15H18BrN3O2S/c1-9-13(19(5)14(20)21-15(2,3)4)22-12(18-9)10-6-11(16)8-17-7-10/h6-8H,1-5H3. The summed E-state index contributed by atoms with van der Waals surface area (Å²) in [6, 6.07) is 1.95. The summed E-state index contributed by atoms with van der Waals surface area (Å²) >= 11 is 4.84. The number of aryl methyl sites for hydroxylation is 1. The van der Waals surface area contributed by atoms with Crippen LogP contribution in [-0.4, -0.2) is 28.7 Å². The largest absolute Gasteiger partial charge is 0.443 e. The summed E-state index contributed by atoms with van der Waals surface area (Å²) in [5.74, 6) is 0. The third-order valence-electron chi connectivity index (χ3n) is 2.70. The zero-order valence-electron chi connectivity index (χ0n) is 13.2. The van der Waals surface area contributed by atoms with Gasteiger partial charge in [-0.3, -0.25) is 9.88 Å². The Morgan fingerprint density at radius 2 is 2.05 bits per heavy atom. The fourth-order valence-corrected chi connectivity index (χ4v) is 3.13. The highest BCUT2D eigenvalue weighted by Crippen LogP contribution is 2.34. The van der Waals surface area contributed by atoms with Crippen molar-refractivity contribution in [1.29, 1.82) is 0 Å². The molecule has 2 aromatic heterocycles. The van der Waals surface area contributed by atoms with Crippen LogP contribution in [0.2, 0.25) is 0 Å². The van der Waals surface area contributed by atoms with Crippen molar-refractivity contribution in [2.45, 2.75) is 33.3 Å². The molecular formula is C15H18BrN3O2S. The van der Waals surface area contributed by atoms with Crippen molar-refractivity contribution >= 4 is 38.4 Å². The van der Waals surface area contributed by atoms with E-state index in [1.807, 2.05) is 33.8 Å². The zero-order valence-corrected chi connectivity index (χ0v) is 15.6. The molecule has 0 aliphatic heterocycles. The van der Waals surface area contributed by atoms with E-state index in [2.05, 4.69) is 25.9 Å². The molecule has 118 valence electrons. The van der Waals surface area contributed by atoms with E-state index in [4.69, 9.17) is 4.74 Å².